The van der Waals surface area contributed by atoms with E-state index in [1.54, 1.807) is 13.8 Å². The number of rotatable bonds is 7. The maximum atomic E-state index is 12.4. The molecule has 1 rings (SSSR count). The normalized spacial score (nSPS) is 17.0. The van der Waals surface area contributed by atoms with Crippen molar-refractivity contribution in [2.45, 2.75) is 46.0 Å². The van der Waals surface area contributed by atoms with Gasteiger partial charge < -0.3 is 9.47 Å². The molecule has 120 valence electrons. The first kappa shape index (κ1) is 17.6. The first-order valence-corrected chi connectivity index (χ1v) is 6.88. The first-order valence-electron chi connectivity index (χ1n) is 6.88. The fourth-order valence-electron chi connectivity index (χ4n) is 2.41. The Kier molecular flexibility index (Phi) is 5.87. The van der Waals surface area contributed by atoms with Crippen molar-refractivity contribution in [3.05, 3.63) is 12.2 Å². The molecule has 0 atom stereocenters. The van der Waals surface area contributed by atoms with Crippen molar-refractivity contribution in [3.63, 3.8) is 0 Å². The average molecular weight is 304 g/mol. The van der Waals surface area contributed by atoms with Crippen molar-refractivity contribution in [2.24, 2.45) is 10.8 Å². The van der Waals surface area contributed by atoms with E-state index in [2.05, 4.69) is 0 Å². The van der Waals surface area contributed by atoms with E-state index in [1.807, 2.05) is 12.2 Å². The highest BCUT2D eigenvalue weighted by Gasteiger charge is 2.41. The molecule has 0 fully saturated rings. The van der Waals surface area contributed by atoms with Gasteiger partial charge in [0.25, 0.3) is 0 Å². The van der Waals surface area contributed by atoms with Crippen LogP contribution in [0, 0.1) is 10.8 Å². The highest BCUT2D eigenvalue weighted by molar-refractivity contribution is 5.79. The summed E-state index contributed by atoms with van der Waals surface area (Å²) in [6.45, 7) is 3.09. The van der Waals surface area contributed by atoms with Crippen LogP contribution in [-0.2, 0) is 19.1 Å². The standard InChI is InChI=1S/C15H22F2O4/c1-14(2,8-11(16)17)9-12(18)21-10-15(13(19)20-3)6-4-5-7-15/h4-5,11H,6-10H2,1-3H3. The van der Waals surface area contributed by atoms with Gasteiger partial charge in [0.15, 0.2) is 0 Å². The van der Waals surface area contributed by atoms with E-state index in [4.69, 9.17) is 9.47 Å². The molecule has 6 heteroatoms. The second kappa shape index (κ2) is 7.00. The quantitative estimate of drug-likeness (QED) is 0.536. The van der Waals surface area contributed by atoms with Crippen LogP contribution in [0.15, 0.2) is 12.2 Å². The summed E-state index contributed by atoms with van der Waals surface area (Å²) in [6.07, 6.45) is 1.64. The maximum absolute atomic E-state index is 12.4. The summed E-state index contributed by atoms with van der Waals surface area (Å²) in [7, 11) is 1.29. The van der Waals surface area contributed by atoms with Crippen LogP contribution in [0.4, 0.5) is 8.78 Å². The lowest BCUT2D eigenvalue weighted by molar-refractivity contribution is -0.162. The van der Waals surface area contributed by atoms with Gasteiger partial charge in [0.05, 0.1) is 13.5 Å². The number of carbonyl (C=O) groups excluding carboxylic acids is 2. The predicted molar refractivity (Wildman–Crippen MR) is 72.8 cm³/mol. The lowest BCUT2D eigenvalue weighted by Gasteiger charge is -2.27. The SMILES string of the molecule is COC(=O)C1(COC(=O)CC(C)(C)CC(F)F)CC=CC1. The largest absolute Gasteiger partial charge is 0.468 e. The summed E-state index contributed by atoms with van der Waals surface area (Å²) >= 11 is 0. The van der Waals surface area contributed by atoms with Crippen LogP contribution in [0.5, 0.6) is 0 Å². The summed E-state index contributed by atoms with van der Waals surface area (Å²) in [5.41, 5.74) is -1.70. The molecular formula is C15H22F2O4. The lowest BCUT2D eigenvalue weighted by atomic mass is 9.85. The average Bonchev–Trinajstić information content (AvgIpc) is 2.83. The van der Waals surface area contributed by atoms with Crippen LogP contribution >= 0.6 is 0 Å². The molecule has 0 heterocycles. The molecule has 1 aliphatic carbocycles. The van der Waals surface area contributed by atoms with Crippen LogP contribution in [0.25, 0.3) is 0 Å². The van der Waals surface area contributed by atoms with Crippen molar-refractivity contribution in [3.8, 4) is 0 Å². The van der Waals surface area contributed by atoms with E-state index >= 15 is 0 Å². The molecule has 21 heavy (non-hydrogen) atoms. The van der Waals surface area contributed by atoms with Crippen molar-refractivity contribution >= 4 is 11.9 Å². The van der Waals surface area contributed by atoms with Crippen LogP contribution in [0.2, 0.25) is 0 Å². The van der Waals surface area contributed by atoms with Gasteiger partial charge in [0.2, 0.25) is 6.43 Å². The molecule has 1 aliphatic rings. The molecule has 0 amide bonds. The van der Waals surface area contributed by atoms with Gasteiger partial charge in [-0.05, 0) is 18.3 Å². The Morgan fingerprint density at radius 1 is 1.29 bits per heavy atom. The number of halogens is 2. The van der Waals surface area contributed by atoms with Gasteiger partial charge in [-0.15, -0.1) is 0 Å². The third kappa shape index (κ3) is 5.10. The van der Waals surface area contributed by atoms with Crippen LogP contribution in [0.1, 0.15) is 39.5 Å². The summed E-state index contributed by atoms with van der Waals surface area (Å²) < 4.78 is 34.7. The number of carbonyl (C=O) groups is 2. The highest BCUT2D eigenvalue weighted by Crippen LogP contribution is 2.35. The third-order valence-electron chi connectivity index (χ3n) is 3.64. The number of methoxy groups -OCH3 is 1. The minimum absolute atomic E-state index is 0.0870. The maximum Gasteiger partial charge on any atom is 0.315 e. The zero-order valence-electron chi connectivity index (χ0n) is 12.7. The van der Waals surface area contributed by atoms with Gasteiger partial charge >= 0.3 is 11.9 Å². The zero-order chi connectivity index (χ0) is 16.1. The second-order valence-electron chi connectivity index (χ2n) is 6.25. The van der Waals surface area contributed by atoms with Crippen molar-refractivity contribution in [1.29, 1.82) is 0 Å². The van der Waals surface area contributed by atoms with E-state index in [-0.39, 0.29) is 19.4 Å². The Morgan fingerprint density at radius 3 is 2.33 bits per heavy atom. The first-order chi connectivity index (χ1) is 9.71. The predicted octanol–water partition coefficient (Wildman–Crippen LogP) is 3.11. The van der Waals surface area contributed by atoms with Crippen molar-refractivity contribution in [1.82, 2.24) is 0 Å². The van der Waals surface area contributed by atoms with E-state index in [0.717, 1.165) is 0 Å². The zero-order valence-corrected chi connectivity index (χ0v) is 12.7. The lowest BCUT2D eigenvalue weighted by Crippen LogP contribution is -2.36. The summed E-state index contributed by atoms with van der Waals surface area (Å²) in [5.74, 6) is -0.997. The summed E-state index contributed by atoms with van der Waals surface area (Å²) in [5, 5.41) is 0. The Morgan fingerprint density at radius 2 is 1.86 bits per heavy atom. The van der Waals surface area contributed by atoms with E-state index in [1.165, 1.54) is 7.11 Å². The van der Waals surface area contributed by atoms with E-state index in [9.17, 15) is 18.4 Å². The topological polar surface area (TPSA) is 52.6 Å². The van der Waals surface area contributed by atoms with Crippen molar-refractivity contribution < 1.29 is 27.8 Å². The highest BCUT2D eigenvalue weighted by atomic mass is 19.3. The molecule has 4 nitrogen and oxygen atoms in total. The fraction of sp³-hybridized carbons (Fsp3) is 0.733. The van der Waals surface area contributed by atoms with Crippen LogP contribution in [-0.4, -0.2) is 32.1 Å². The molecule has 0 saturated heterocycles. The number of allylic oxidation sites excluding steroid dienone is 2. The molecule has 0 aromatic carbocycles. The minimum Gasteiger partial charge on any atom is -0.468 e. The molecule has 0 aliphatic heterocycles. The number of esters is 2. The summed E-state index contributed by atoms with van der Waals surface area (Å²) in [4.78, 5) is 23.6. The second-order valence-corrected chi connectivity index (χ2v) is 6.25. The Hall–Kier alpha value is -1.46. The van der Waals surface area contributed by atoms with Gasteiger partial charge in [-0.1, -0.05) is 26.0 Å². The molecule has 0 spiro atoms. The molecule has 0 saturated carbocycles. The van der Waals surface area contributed by atoms with Gasteiger partial charge in [0.1, 0.15) is 12.0 Å². The van der Waals surface area contributed by atoms with Gasteiger partial charge in [0, 0.05) is 6.42 Å². The minimum atomic E-state index is -2.46. The Labute approximate surface area is 123 Å². The smallest absolute Gasteiger partial charge is 0.315 e. The van der Waals surface area contributed by atoms with Gasteiger partial charge in [-0.2, -0.15) is 0 Å². The van der Waals surface area contributed by atoms with Crippen LogP contribution in [0.3, 0.4) is 0 Å². The Balaban J connectivity index is 2.53. The van der Waals surface area contributed by atoms with E-state index < -0.39 is 29.2 Å². The molecular weight excluding hydrogens is 282 g/mol. The fourth-order valence-corrected chi connectivity index (χ4v) is 2.41. The molecule has 0 aromatic heterocycles. The monoisotopic (exact) mass is 304 g/mol. The molecule has 0 N–H and O–H groups in total. The van der Waals surface area contributed by atoms with Gasteiger partial charge in [-0.25, -0.2) is 8.78 Å². The molecule has 0 unspecified atom stereocenters. The molecule has 0 radical (unpaired) electrons. The third-order valence-corrected chi connectivity index (χ3v) is 3.64. The summed E-state index contributed by atoms with van der Waals surface area (Å²) in [6, 6.07) is 0. The number of hydrogen-bond donors (Lipinski definition) is 0. The van der Waals surface area contributed by atoms with Crippen LogP contribution < -0.4 is 0 Å². The number of ether oxygens (including phenoxy) is 2. The molecule has 0 bridgehead atoms. The van der Waals surface area contributed by atoms with E-state index in [0.29, 0.717) is 12.8 Å². The van der Waals surface area contributed by atoms with Crippen molar-refractivity contribution in [2.75, 3.05) is 13.7 Å². The number of hydrogen-bond acceptors (Lipinski definition) is 4. The Bertz CT molecular complexity index is 408. The molecule has 0 aromatic rings. The number of alkyl halides is 2. The van der Waals surface area contributed by atoms with Gasteiger partial charge in [-0.3, -0.25) is 9.59 Å².